The lowest BCUT2D eigenvalue weighted by atomic mass is 10.1. The van der Waals surface area contributed by atoms with Gasteiger partial charge in [-0.15, -0.1) is 0 Å². The number of alkyl halides is 3. The molecule has 0 atom stereocenters. The maximum Gasteiger partial charge on any atom is 0.416 e. The second kappa shape index (κ2) is 8.51. The summed E-state index contributed by atoms with van der Waals surface area (Å²) in [5.74, 6) is -0.249. The smallest absolute Gasteiger partial charge is 0.416 e. The number of anilines is 1. The number of halogens is 3. The zero-order valence-electron chi connectivity index (χ0n) is 15.2. The van der Waals surface area contributed by atoms with Gasteiger partial charge in [-0.05, 0) is 29.8 Å². The number of ether oxygens (including phenoxy) is 1. The molecule has 0 aliphatic heterocycles. The van der Waals surface area contributed by atoms with Crippen LogP contribution in [0.15, 0.2) is 48.5 Å². The molecule has 6 nitrogen and oxygen atoms in total. The van der Waals surface area contributed by atoms with Crippen LogP contribution >= 0.6 is 0 Å². The minimum absolute atomic E-state index is 0.168. The van der Waals surface area contributed by atoms with E-state index in [1.807, 2.05) is 0 Å². The normalized spacial score (nSPS) is 11.8. The molecule has 10 heteroatoms. The standard InChI is InChI=1S/C18H19F3N2O4S/c1-27-16-8-4-7-15(10-16)23(28(2,25)26)12-17(24)22-11-13-5-3-6-14(9-13)18(19,20)21/h3-10H,11-12H2,1-2H3,(H,22,24). The Morgan fingerprint density at radius 3 is 2.43 bits per heavy atom. The number of carbonyl (C=O) groups excluding carboxylic acids is 1. The maximum absolute atomic E-state index is 12.7. The van der Waals surface area contributed by atoms with Crippen LogP contribution in [0, 0.1) is 0 Å². The predicted octanol–water partition coefficient (Wildman–Crippen LogP) is 2.80. The molecule has 0 unspecified atom stereocenters. The van der Waals surface area contributed by atoms with Gasteiger partial charge in [0.05, 0.1) is 24.6 Å². The van der Waals surface area contributed by atoms with E-state index in [9.17, 15) is 26.4 Å². The summed E-state index contributed by atoms with van der Waals surface area (Å²) in [6.45, 7) is -0.691. The monoisotopic (exact) mass is 416 g/mol. The number of amides is 1. The minimum atomic E-state index is -4.49. The molecule has 0 aromatic heterocycles. The summed E-state index contributed by atoms with van der Waals surface area (Å²) in [4.78, 5) is 12.2. The fraction of sp³-hybridized carbons (Fsp3) is 0.278. The third kappa shape index (κ3) is 5.88. The van der Waals surface area contributed by atoms with Crippen LogP contribution < -0.4 is 14.4 Å². The van der Waals surface area contributed by atoms with Gasteiger partial charge >= 0.3 is 6.18 Å². The van der Waals surface area contributed by atoms with E-state index in [0.717, 1.165) is 22.7 Å². The summed E-state index contributed by atoms with van der Waals surface area (Å²) >= 11 is 0. The van der Waals surface area contributed by atoms with E-state index >= 15 is 0 Å². The number of sulfonamides is 1. The summed E-state index contributed by atoms with van der Waals surface area (Å²) in [6, 6.07) is 10.7. The Morgan fingerprint density at radius 2 is 1.82 bits per heavy atom. The number of carbonyl (C=O) groups is 1. The number of nitrogens with zero attached hydrogens (tertiary/aromatic N) is 1. The average molecular weight is 416 g/mol. The molecule has 1 amide bonds. The minimum Gasteiger partial charge on any atom is -0.497 e. The van der Waals surface area contributed by atoms with Gasteiger partial charge in [0.15, 0.2) is 0 Å². The summed E-state index contributed by atoms with van der Waals surface area (Å²) in [7, 11) is -2.36. The molecule has 0 fully saturated rings. The Morgan fingerprint density at radius 1 is 1.14 bits per heavy atom. The van der Waals surface area contributed by atoms with Crippen molar-refractivity contribution in [2.24, 2.45) is 0 Å². The van der Waals surface area contributed by atoms with Crippen LogP contribution in [0.1, 0.15) is 11.1 Å². The van der Waals surface area contributed by atoms with Crippen LogP contribution in [0.2, 0.25) is 0 Å². The lowest BCUT2D eigenvalue weighted by Crippen LogP contribution is -2.40. The van der Waals surface area contributed by atoms with Crippen molar-refractivity contribution in [3.05, 3.63) is 59.7 Å². The van der Waals surface area contributed by atoms with Crippen molar-refractivity contribution in [2.45, 2.75) is 12.7 Å². The Bertz CT molecular complexity index is 946. The van der Waals surface area contributed by atoms with Crippen molar-refractivity contribution in [1.29, 1.82) is 0 Å². The van der Waals surface area contributed by atoms with Gasteiger partial charge in [0.2, 0.25) is 15.9 Å². The lowest BCUT2D eigenvalue weighted by molar-refractivity contribution is -0.137. The molecule has 2 rings (SSSR count). The Balaban J connectivity index is 2.11. The third-order valence-corrected chi connectivity index (χ3v) is 4.91. The van der Waals surface area contributed by atoms with Crippen molar-refractivity contribution >= 4 is 21.6 Å². The zero-order chi connectivity index (χ0) is 20.9. The van der Waals surface area contributed by atoms with Gasteiger partial charge in [0.25, 0.3) is 0 Å². The molecule has 0 radical (unpaired) electrons. The van der Waals surface area contributed by atoms with Crippen LogP contribution in [-0.4, -0.2) is 34.2 Å². The van der Waals surface area contributed by atoms with Crippen LogP contribution in [0.3, 0.4) is 0 Å². The molecule has 28 heavy (non-hydrogen) atoms. The second-order valence-electron chi connectivity index (χ2n) is 5.95. The molecule has 0 aliphatic rings. The van der Waals surface area contributed by atoms with Crippen LogP contribution in [-0.2, 0) is 27.5 Å². The Hall–Kier alpha value is -2.75. The van der Waals surface area contributed by atoms with E-state index in [1.54, 1.807) is 12.1 Å². The highest BCUT2D eigenvalue weighted by atomic mass is 32.2. The summed E-state index contributed by atoms with van der Waals surface area (Å²) in [6.07, 6.45) is -3.54. The molecular weight excluding hydrogens is 397 g/mol. The van der Waals surface area contributed by atoms with Crippen molar-refractivity contribution in [2.75, 3.05) is 24.2 Å². The van der Waals surface area contributed by atoms with Crippen molar-refractivity contribution in [3.8, 4) is 5.75 Å². The molecule has 2 aromatic carbocycles. The lowest BCUT2D eigenvalue weighted by Gasteiger charge is -2.22. The van der Waals surface area contributed by atoms with E-state index in [-0.39, 0.29) is 17.8 Å². The average Bonchev–Trinajstić information content (AvgIpc) is 2.63. The fourth-order valence-corrected chi connectivity index (χ4v) is 3.26. The Labute approximate surface area is 161 Å². The number of hydrogen-bond donors (Lipinski definition) is 1. The van der Waals surface area contributed by atoms with Crippen LogP contribution in [0.5, 0.6) is 5.75 Å². The van der Waals surface area contributed by atoms with E-state index < -0.39 is 34.2 Å². The van der Waals surface area contributed by atoms with E-state index in [4.69, 9.17) is 4.74 Å². The van der Waals surface area contributed by atoms with Crippen molar-refractivity contribution in [1.82, 2.24) is 5.32 Å². The van der Waals surface area contributed by atoms with E-state index in [0.29, 0.717) is 5.75 Å². The first-order valence-electron chi connectivity index (χ1n) is 8.05. The molecular formula is C18H19F3N2O4S. The van der Waals surface area contributed by atoms with Gasteiger partial charge in [0, 0.05) is 12.6 Å². The molecule has 0 aliphatic carbocycles. The first kappa shape index (κ1) is 21.5. The molecule has 152 valence electrons. The topological polar surface area (TPSA) is 75.7 Å². The maximum atomic E-state index is 12.7. The first-order valence-corrected chi connectivity index (χ1v) is 9.90. The van der Waals surface area contributed by atoms with Crippen molar-refractivity contribution < 1.29 is 31.1 Å². The molecule has 0 saturated heterocycles. The molecule has 1 N–H and O–H groups in total. The number of nitrogens with one attached hydrogen (secondary N) is 1. The van der Waals surface area contributed by atoms with Gasteiger partial charge in [-0.1, -0.05) is 18.2 Å². The van der Waals surface area contributed by atoms with E-state index in [1.165, 1.54) is 31.4 Å². The van der Waals surface area contributed by atoms with Gasteiger partial charge in [-0.3, -0.25) is 9.10 Å². The van der Waals surface area contributed by atoms with Crippen LogP contribution in [0.25, 0.3) is 0 Å². The SMILES string of the molecule is COc1cccc(N(CC(=O)NCc2cccc(C(F)(F)F)c2)S(C)(=O)=O)c1. The van der Waals surface area contributed by atoms with Crippen molar-refractivity contribution in [3.63, 3.8) is 0 Å². The largest absolute Gasteiger partial charge is 0.497 e. The number of rotatable bonds is 7. The molecule has 0 saturated carbocycles. The highest BCUT2D eigenvalue weighted by Gasteiger charge is 2.30. The molecule has 0 heterocycles. The molecule has 0 spiro atoms. The summed E-state index contributed by atoms with van der Waals surface area (Å²) < 4.78 is 68.3. The highest BCUT2D eigenvalue weighted by molar-refractivity contribution is 7.92. The molecule has 2 aromatic rings. The predicted molar refractivity (Wildman–Crippen MR) is 98.5 cm³/mol. The van der Waals surface area contributed by atoms with Gasteiger partial charge < -0.3 is 10.1 Å². The number of hydrogen-bond acceptors (Lipinski definition) is 4. The summed E-state index contributed by atoms with van der Waals surface area (Å²) in [5.41, 5.74) is -0.347. The fourth-order valence-electron chi connectivity index (χ4n) is 2.41. The van der Waals surface area contributed by atoms with Gasteiger partial charge in [-0.25, -0.2) is 8.42 Å². The molecule has 0 bridgehead atoms. The number of benzene rings is 2. The van der Waals surface area contributed by atoms with Gasteiger partial charge in [0.1, 0.15) is 12.3 Å². The first-order chi connectivity index (χ1) is 13.0. The highest BCUT2D eigenvalue weighted by Crippen LogP contribution is 2.29. The number of methoxy groups -OCH3 is 1. The second-order valence-corrected chi connectivity index (χ2v) is 7.85. The Kier molecular flexibility index (Phi) is 6.55. The third-order valence-electron chi connectivity index (χ3n) is 3.77. The van der Waals surface area contributed by atoms with E-state index in [2.05, 4.69) is 5.32 Å². The quantitative estimate of drug-likeness (QED) is 0.753. The summed E-state index contributed by atoms with van der Waals surface area (Å²) in [5, 5.41) is 2.43. The van der Waals surface area contributed by atoms with Crippen LogP contribution in [0.4, 0.5) is 18.9 Å². The zero-order valence-corrected chi connectivity index (χ0v) is 16.0. The van der Waals surface area contributed by atoms with Gasteiger partial charge in [-0.2, -0.15) is 13.2 Å².